The number of likely N-dealkylation sites (N-methyl/N-ethyl adjacent to an activating group) is 1. The summed E-state index contributed by atoms with van der Waals surface area (Å²) in [6.07, 6.45) is 0. The van der Waals surface area contributed by atoms with Crippen LogP contribution in [0.4, 0.5) is 0 Å². The molecule has 0 saturated heterocycles. The summed E-state index contributed by atoms with van der Waals surface area (Å²) in [6.45, 7) is 1.56. The van der Waals surface area contributed by atoms with Gasteiger partial charge in [0.05, 0.1) is 0 Å². The molecule has 1 amide bonds. The summed E-state index contributed by atoms with van der Waals surface area (Å²) in [6, 6.07) is 7.05. The number of nitrogens with one attached hydrogen (secondary N) is 1. The van der Waals surface area contributed by atoms with E-state index < -0.39 is 5.54 Å². The van der Waals surface area contributed by atoms with Crippen LogP contribution in [0.1, 0.15) is 12.5 Å². The fourth-order valence-electron chi connectivity index (χ4n) is 1.80. The number of hydrogen-bond donors (Lipinski definition) is 2. The zero-order chi connectivity index (χ0) is 12.6. The Morgan fingerprint density at radius 3 is 2.71 bits per heavy atom. The highest BCUT2D eigenvalue weighted by Crippen LogP contribution is 2.27. The molecule has 1 aliphatic rings. The van der Waals surface area contributed by atoms with Crippen molar-refractivity contribution in [2.24, 2.45) is 5.10 Å². The molecular formula is C11H12ClN3O2. The molecule has 6 heteroatoms. The summed E-state index contributed by atoms with van der Waals surface area (Å²) < 4.78 is 0. The van der Waals surface area contributed by atoms with Gasteiger partial charge in [-0.2, -0.15) is 10.6 Å². The summed E-state index contributed by atoms with van der Waals surface area (Å²) in [5.41, 5.74) is 1.77. The number of amides is 1. The number of carbonyl (C=O) groups is 1. The van der Waals surface area contributed by atoms with Gasteiger partial charge in [0, 0.05) is 17.6 Å². The normalized spacial score (nSPS) is 24.1. The minimum Gasteiger partial charge on any atom is -0.315 e. The smallest absolute Gasteiger partial charge is 0.270 e. The molecule has 1 aromatic carbocycles. The summed E-state index contributed by atoms with van der Waals surface area (Å²) in [7, 11) is 1.53. The zero-order valence-corrected chi connectivity index (χ0v) is 10.2. The maximum Gasteiger partial charge on any atom is 0.270 e. The van der Waals surface area contributed by atoms with Crippen LogP contribution in [0.3, 0.4) is 0 Å². The second kappa shape index (κ2) is 4.10. The van der Waals surface area contributed by atoms with E-state index in [1.807, 2.05) is 5.48 Å². The minimum absolute atomic E-state index is 0.338. The van der Waals surface area contributed by atoms with E-state index in [9.17, 15) is 10.0 Å². The molecule has 0 fully saturated rings. The number of hydrazone groups is 1. The molecule has 17 heavy (non-hydrogen) atoms. The molecule has 0 radical (unpaired) electrons. The van der Waals surface area contributed by atoms with Gasteiger partial charge in [0.15, 0.2) is 5.54 Å². The van der Waals surface area contributed by atoms with Gasteiger partial charge in [-0.1, -0.05) is 29.8 Å². The Morgan fingerprint density at radius 1 is 1.47 bits per heavy atom. The molecule has 1 atom stereocenters. The second-order valence-electron chi connectivity index (χ2n) is 3.99. The molecule has 2 rings (SSSR count). The average molecular weight is 254 g/mol. The lowest BCUT2D eigenvalue weighted by Crippen LogP contribution is -2.53. The van der Waals surface area contributed by atoms with E-state index in [0.29, 0.717) is 16.3 Å². The molecule has 2 N–H and O–H groups in total. The van der Waals surface area contributed by atoms with Crippen LogP contribution in [-0.4, -0.2) is 34.4 Å². The van der Waals surface area contributed by atoms with Crippen molar-refractivity contribution in [3.63, 3.8) is 0 Å². The fraction of sp³-hybridized carbons (Fsp3) is 0.273. The average Bonchev–Trinajstić information content (AvgIpc) is 2.55. The van der Waals surface area contributed by atoms with Gasteiger partial charge in [-0.15, -0.1) is 0 Å². The molecule has 90 valence electrons. The van der Waals surface area contributed by atoms with E-state index in [-0.39, 0.29) is 5.91 Å². The Labute approximate surface area is 104 Å². The number of hydrogen-bond acceptors (Lipinski definition) is 4. The first-order chi connectivity index (χ1) is 8.00. The number of benzene rings is 1. The van der Waals surface area contributed by atoms with Crippen molar-refractivity contribution in [3.8, 4) is 0 Å². The van der Waals surface area contributed by atoms with Crippen LogP contribution < -0.4 is 5.48 Å². The van der Waals surface area contributed by atoms with E-state index in [1.165, 1.54) is 12.1 Å². The lowest BCUT2D eigenvalue weighted by Gasteiger charge is -2.22. The Morgan fingerprint density at radius 2 is 2.12 bits per heavy atom. The predicted octanol–water partition coefficient (Wildman–Crippen LogP) is 1.25. The van der Waals surface area contributed by atoms with Crippen LogP contribution in [0, 0.1) is 0 Å². The molecule has 1 heterocycles. The van der Waals surface area contributed by atoms with Crippen LogP contribution in [0.15, 0.2) is 29.4 Å². The summed E-state index contributed by atoms with van der Waals surface area (Å²) in [5, 5.41) is 15.0. The van der Waals surface area contributed by atoms with Gasteiger partial charge in [-0.3, -0.25) is 4.79 Å². The lowest BCUT2D eigenvalue weighted by molar-refractivity contribution is -0.134. The summed E-state index contributed by atoms with van der Waals surface area (Å²) in [4.78, 5) is 11.9. The third kappa shape index (κ3) is 1.72. The van der Waals surface area contributed by atoms with Crippen LogP contribution in [0.2, 0.25) is 5.02 Å². The third-order valence-electron chi connectivity index (χ3n) is 2.80. The van der Waals surface area contributed by atoms with Crippen molar-refractivity contribution in [1.82, 2.24) is 10.5 Å². The standard InChI is InChI=1S/C11H12ClN3O2/c1-11(14-17)9(13-15(2)10(11)16)7-5-3-4-6-8(7)12/h3-6,14,17H,1-2H3. The van der Waals surface area contributed by atoms with E-state index in [4.69, 9.17) is 11.6 Å². The van der Waals surface area contributed by atoms with Gasteiger partial charge >= 0.3 is 0 Å². The van der Waals surface area contributed by atoms with Crippen molar-refractivity contribution in [2.75, 3.05) is 7.05 Å². The summed E-state index contributed by atoms with van der Waals surface area (Å²) >= 11 is 6.06. The van der Waals surface area contributed by atoms with Crippen molar-refractivity contribution in [3.05, 3.63) is 34.9 Å². The minimum atomic E-state index is -1.26. The molecule has 1 unspecified atom stereocenters. The Balaban J connectivity index is 2.56. The monoisotopic (exact) mass is 253 g/mol. The molecule has 0 aromatic heterocycles. The molecular weight excluding hydrogens is 242 g/mol. The first kappa shape index (κ1) is 12.0. The van der Waals surface area contributed by atoms with Gasteiger partial charge in [0.2, 0.25) is 0 Å². The molecule has 5 nitrogen and oxygen atoms in total. The van der Waals surface area contributed by atoms with Crippen molar-refractivity contribution >= 4 is 23.2 Å². The highest BCUT2D eigenvalue weighted by atomic mass is 35.5. The highest BCUT2D eigenvalue weighted by Gasteiger charge is 2.47. The van der Waals surface area contributed by atoms with Gasteiger partial charge in [0.25, 0.3) is 5.91 Å². The van der Waals surface area contributed by atoms with Crippen molar-refractivity contribution in [2.45, 2.75) is 12.5 Å². The molecule has 0 saturated carbocycles. The van der Waals surface area contributed by atoms with E-state index in [2.05, 4.69) is 5.10 Å². The van der Waals surface area contributed by atoms with Crippen LogP contribution in [0.5, 0.6) is 0 Å². The van der Waals surface area contributed by atoms with Crippen molar-refractivity contribution < 1.29 is 10.0 Å². The van der Waals surface area contributed by atoms with Crippen LogP contribution >= 0.6 is 11.6 Å². The third-order valence-corrected chi connectivity index (χ3v) is 3.13. The van der Waals surface area contributed by atoms with E-state index in [1.54, 1.807) is 31.2 Å². The molecule has 0 aliphatic carbocycles. The van der Waals surface area contributed by atoms with E-state index >= 15 is 0 Å². The predicted molar refractivity (Wildman–Crippen MR) is 64.1 cm³/mol. The molecule has 0 spiro atoms. The Kier molecular flexibility index (Phi) is 2.91. The fourth-order valence-corrected chi connectivity index (χ4v) is 2.02. The van der Waals surface area contributed by atoms with Crippen molar-refractivity contribution in [1.29, 1.82) is 0 Å². The topological polar surface area (TPSA) is 64.9 Å². The zero-order valence-electron chi connectivity index (χ0n) is 9.44. The van der Waals surface area contributed by atoms with Crippen LogP contribution in [-0.2, 0) is 4.79 Å². The highest BCUT2D eigenvalue weighted by molar-refractivity contribution is 6.36. The van der Waals surface area contributed by atoms with Gasteiger partial charge in [0.1, 0.15) is 5.71 Å². The number of nitrogens with zero attached hydrogens (tertiary/aromatic N) is 2. The Bertz CT molecular complexity index is 503. The number of hydroxylamine groups is 1. The lowest BCUT2D eigenvalue weighted by atomic mass is 9.91. The second-order valence-corrected chi connectivity index (χ2v) is 4.40. The Hall–Kier alpha value is -1.43. The first-order valence-corrected chi connectivity index (χ1v) is 5.42. The van der Waals surface area contributed by atoms with Gasteiger partial charge < -0.3 is 5.21 Å². The molecule has 1 aromatic rings. The quantitative estimate of drug-likeness (QED) is 0.780. The van der Waals surface area contributed by atoms with Gasteiger partial charge in [-0.25, -0.2) is 5.01 Å². The SMILES string of the molecule is CN1N=C(c2ccccc2Cl)C(C)(NO)C1=O. The first-order valence-electron chi connectivity index (χ1n) is 5.04. The summed E-state index contributed by atoms with van der Waals surface area (Å²) in [5.74, 6) is -0.338. The number of carbonyl (C=O) groups excluding carboxylic acids is 1. The number of rotatable bonds is 2. The largest absolute Gasteiger partial charge is 0.315 e. The maximum absolute atomic E-state index is 11.9. The maximum atomic E-state index is 11.9. The number of halogens is 1. The molecule has 0 bridgehead atoms. The molecule has 1 aliphatic heterocycles. The van der Waals surface area contributed by atoms with Crippen LogP contribution in [0.25, 0.3) is 0 Å². The van der Waals surface area contributed by atoms with E-state index in [0.717, 1.165) is 0 Å². The van der Waals surface area contributed by atoms with Gasteiger partial charge in [-0.05, 0) is 13.0 Å².